The molecule has 0 radical (unpaired) electrons. The molecule has 1 aliphatic carbocycles. The minimum absolute atomic E-state index is 0.380. The van der Waals surface area contributed by atoms with Crippen LogP contribution in [0.5, 0.6) is 5.75 Å². The molecule has 1 fully saturated rings. The van der Waals surface area contributed by atoms with Crippen molar-refractivity contribution in [1.82, 2.24) is 25.4 Å². The van der Waals surface area contributed by atoms with Crippen molar-refractivity contribution in [3.63, 3.8) is 0 Å². The molecule has 1 aromatic carbocycles. The van der Waals surface area contributed by atoms with Gasteiger partial charge in [-0.1, -0.05) is 25.1 Å². The van der Waals surface area contributed by atoms with Crippen LogP contribution in [-0.4, -0.2) is 40.4 Å². The number of aryl methyl sites for hydroxylation is 1. The van der Waals surface area contributed by atoms with Crippen molar-refractivity contribution >= 4 is 5.96 Å². The van der Waals surface area contributed by atoms with Crippen LogP contribution in [0.3, 0.4) is 0 Å². The van der Waals surface area contributed by atoms with E-state index in [-0.39, 0.29) is 0 Å². The van der Waals surface area contributed by atoms with Crippen LogP contribution >= 0.6 is 0 Å². The molecule has 1 saturated carbocycles. The maximum Gasteiger partial charge on any atom is 0.191 e. The van der Waals surface area contributed by atoms with Crippen LogP contribution in [-0.2, 0) is 19.5 Å². The third kappa shape index (κ3) is 4.74. The lowest BCUT2D eigenvalue weighted by molar-refractivity contribution is 0.119. The number of para-hydroxylation sites is 1. The van der Waals surface area contributed by atoms with Crippen molar-refractivity contribution < 1.29 is 4.74 Å². The second-order valence-electron chi connectivity index (χ2n) is 6.43. The minimum atomic E-state index is 0.380. The van der Waals surface area contributed by atoms with E-state index in [1.165, 1.54) is 6.42 Å². The Kier molecular flexibility index (Phi) is 6.46. The van der Waals surface area contributed by atoms with Crippen LogP contribution in [0.2, 0.25) is 0 Å². The number of hydrogen-bond donors (Lipinski definition) is 2. The first kappa shape index (κ1) is 18.2. The summed E-state index contributed by atoms with van der Waals surface area (Å²) in [5, 5.41) is 14.8. The van der Waals surface area contributed by atoms with Gasteiger partial charge in [-0.15, -0.1) is 10.2 Å². The van der Waals surface area contributed by atoms with E-state index in [1.54, 1.807) is 13.4 Å². The second-order valence-corrected chi connectivity index (χ2v) is 6.43. The molecule has 1 heterocycles. The molecular weight excluding hydrogens is 328 g/mol. The van der Waals surface area contributed by atoms with E-state index in [0.29, 0.717) is 12.6 Å². The zero-order chi connectivity index (χ0) is 18.2. The Bertz CT molecular complexity index is 722. The highest BCUT2D eigenvalue weighted by Crippen LogP contribution is 2.27. The summed E-state index contributed by atoms with van der Waals surface area (Å²) in [7, 11) is 1.78. The Labute approximate surface area is 154 Å². The predicted octanol–water partition coefficient (Wildman–Crippen LogP) is 2.14. The highest BCUT2D eigenvalue weighted by molar-refractivity contribution is 5.79. The second kappa shape index (κ2) is 9.22. The van der Waals surface area contributed by atoms with Gasteiger partial charge in [0, 0.05) is 38.7 Å². The first-order valence-electron chi connectivity index (χ1n) is 9.36. The number of aliphatic imine (C=N–C) groups is 1. The number of aromatic nitrogens is 3. The van der Waals surface area contributed by atoms with E-state index in [4.69, 9.17) is 4.74 Å². The van der Waals surface area contributed by atoms with Gasteiger partial charge in [0.25, 0.3) is 0 Å². The zero-order valence-corrected chi connectivity index (χ0v) is 15.6. The third-order valence-electron chi connectivity index (χ3n) is 4.65. The van der Waals surface area contributed by atoms with Gasteiger partial charge in [-0.25, -0.2) is 0 Å². The number of guanidine groups is 1. The van der Waals surface area contributed by atoms with Gasteiger partial charge in [-0.3, -0.25) is 4.99 Å². The van der Waals surface area contributed by atoms with Gasteiger partial charge in [-0.05, 0) is 25.3 Å². The van der Waals surface area contributed by atoms with Crippen LogP contribution in [0.25, 0.3) is 0 Å². The molecule has 7 nitrogen and oxygen atoms in total. The average Bonchev–Trinajstić information content (AvgIpc) is 3.09. The number of ether oxygens (including phenoxy) is 1. The summed E-state index contributed by atoms with van der Waals surface area (Å²) < 4.78 is 8.14. The lowest BCUT2D eigenvalue weighted by Crippen LogP contribution is -2.38. The molecule has 1 aliphatic rings. The van der Waals surface area contributed by atoms with Crippen molar-refractivity contribution in [2.75, 3.05) is 13.6 Å². The highest BCUT2D eigenvalue weighted by atomic mass is 16.5. The summed E-state index contributed by atoms with van der Waals surface area (Å²) in [4.78, 5) is 4.30. The molecule has 2 N–H and O–H groups in total. The molecule has 26 heavy (non-hydrogen) atoms. The van der Waals surface area contributed by atoms with Crippen LogP contribution < -0.4 is 15.4 Å². The fourth-order valence-electron chi connectivity index (χ4n) is 2.87. The molecule has 0 aliphatic heterocycles. The molecule has 1 aromatic heterocycles. The first-order chi connectivity index (χ1) is 12.8. The van der Waals surface area contributed by atoms with Crippen LogP contribution in [0.4, 0.5) is 0 Å². The van der Waals surface area contributed by atoms with Crippen molar-refractivity contribution in [3.05, 3.63) is 42.0 Å². The van der Waals surface area contributed by atoms with Crippen LogP contribution in [0, 0.1) is 0 Å². The van der Waals surface area contributed by atoms with Crippen LogP contribution in [0.1, 0.15) is 37.6 Å². The molecule has 0 amide bonds. The van der Waals surface area contributed by atoms with Gasteiger partial charge in [0.15, 0.2) is 5.96 Å². The van der Waals surface area contributed by atoms with Gasteiger partial charge in [0.05, 0.1) is 6.10 Å². The number of benzene rings is 1. The number of hydrogen-bond acceptors (Lipinski definition) is 4. The van der Waals surface area contributed by atoms with Gasteiger partial charge in [0.1, 0.15) is 17.9 Å². The molecule has 7 heteroatoms. The maximum atomic E-state index is 6.09. The topological polar surface area (TPSA) is 76.4 Å². The molecule has 0 unspecified atom stereocenters. The quantitative estimate of drug-likeness (QED) is 0.560. The lowest BCUT2D eigenvalue weighted by atomic mass is 9.96. The fourth-order valence-corrected chi connectivity index (χ4v) is 2.87. The summed E-state index contributed by atoms with van der Waals surface area (Å²) in [6, 6.07) is 8.21. The monoisotopic (exact) mass is 356 g/mol. The van der Waals surface area contributed by atoms with E-state index in [0.717, 1.165) is 55.4 Å². The summed E-state index contributed by atoms with van der Waals surface area (Å²) in [5.74, 6) is 2.74. The highest BCUT2D eigenvalue weighted by Gasteiger charge is 2.20. The maximum absolute atomic E-state index is 6.09. The smallest absolute Gasteiger partial charge is 0.191 e. The van der Waals surface area contributed by atoms with Crippen molar-refractivity contribution in [1.29, 1.82) is 0 Å². The Hall–Kier alpha value is -2.57. The number of rotatable bonds is 8. The van der Waals surface area contributed by atoms with E-state index in [9.17, 15) is 0 Å². The molecule has 140 valence electrons. The van der Waals surface area contributed by atoms with Gasteiger partial charge in [0.2, 0.25) is 0 Å². The van der Waals surface area contributed by atoms with Crippen molar-refractivity contribution in [2.45, 2.75) is 51.8 Å². The Morgan fingerprint density at radius 3 is 2.88 bits per heavy atom. The number of nitrogens with one attached hydrogen (secondary N) is 2. The first-order valence-corrected chi connectivity index (χ1v) is 9.36. The molecule has 0 atom stereocenters. The standard InChI is InChI=1S/C19H28N6O/c1-3-18-24-23-14-25(18)12-11-21-19(20-2)22-13-15-7-4-5-10-17(15)26-16-8-6-9-16/h4-5,7,10,14,16H,3,6,8-9,11-13H2,1-2H3,(H2,20,21,22). The van der Waals surface area contributed by atoms with E-state index in [2.05, 4.69) is 43.4 Å². The molecule has 0 saturated heterocycles. The van der Waals surface area contributed by atoms with Crippen molar-refractivity contribution in [3.8, 4) is 5.75 Å². The lowest BCUT2D eigenvalue weighted by Gasteiger charge is -2.27. The number of nitrogens with zero attached hydrogens (tertiary/aromatic N) is 4. The van der Waals surface area contributed by atoms with Gasteiger partial charge >= 0.3 is 0 Å². The van der Waals surface area contributed by atoms with Gasteiger partial charge < -0.3 is 19.9 Å². The Morgan fingerprint density at radius 1 is 1.31 bits per heavy atom. The molecule has 2 aromatic rings. The summed E-state index contributed by atoms with van der Waals surface area (Å²) in [6.45, 7) is 4.32. The minimum Gasteiger partial charge on any atom is -0.490 e. The van der Waals surface area contributed by atoms with Crippen LogP contribution in [0.15, 0.2) is 35.6 Å². The zero-order valence-electron chi connectivity index (χ0n) is 15.6. The summed E-state index contributed by atoms with van der Waals surface area (Å²) in [5.41, 5.74) is 1.15. The molecule has 0 bridgehead atoms. The summed E-state index contributed by atoms with van der Waals surface area (Å²) >= 11 is 0. The Morgan fingerprint density at radius 2 is 2.15 bits per heavy atom. The van der Waals surface area contributed by atoms with Crippen molar-refractivity contribution in [2.24, 2.45) is 4.99 Å². The molecular formula is C19H28N6O. The summed E-state index contributed by atoms with van der Waals surface area (Å²) in [6.07, 6.45) is 6.62. The SMILES string of the molecule is CCc1nncn1CCNC(=NC)NCc1ccccc1OC1CCC1. The van der Waals surface area contributed by atoms with E-state index >= 15 is 0 Å². The fraction of sp³-hybridized carbons (Fsp3) is 0.526. The largest absolute Gasteiger partial charge is 0.490 e. The normalized spacial score (nSPS) is 14.8. The molecule has 0 spiro atoms. The molecule has 3 rings (SSSR count). The Balaban J connectivity index is 1.48. The van der Waals surface area contributed by atoms with E-state index in [1.807, 2.05) is 18.2 Å². The predicted molar refractivity (Wildman–Crippen MR) is 102 cm³/mol. The average molecular weight is 356 g/mol. The van der Waals surface area contributed by atoms with Gasteiger partial charge in [-0.2, -0.15) is 0 Å². The van der Waals surface area contributed by atoms with E-state index < -0.39 is 0 Å². The third-order valence-corrected chi connectivity index (χ3v) is 4.65.